The van der Waals surface area contributed by atoms with Gasteiger partial charge in [0.25, 0.3) is 0 Å². The molecular formula is C28H40O5Si. The number of rotatable bonds is 10. The second kappa shape index (κ2) is 12.5. The van der Waals surface area contributed by atoms with E-state index in [0.717, 1.165) is 23.5 Å². The second-order valence-electron chi connectivity index (χ2n) is 9.55. The summed E-state index contributed by atoms with van der Waals surface area (Å²) in [6.07, 6.45) is 2.83. The van der Waals surface area contributed by atoms with Crippen LogP contribution in [0.15, 0.2) is 66.2 Å². The molecule has 34 heavy (non-hydrogen) atoms. The highest BCUT2D eigenvalue weighted by Gasteiger charge is 2.49. The Morgan fingerprint density at radius 1 is 0.882 bits per heavy atom. The summed E-state index contributed by atoms with van der Waals surface area (Å²) in [5.74, 6) is 1.62. The largest absolute Gasteiger partial charge is 0.497 e. The fourth-order valence-corrected chi connectivity index (χ4v) is 8.16. The summed E-state index contributed by atoms with van der Waals surface area (Å²) in [4.78, 5) is 0. The van der Waals surface area contributed by atoms with Crippen LogP contribution >= 0.6 is 0 Å². The third-order valence-corrected chi connectivity index (χ3v) is 10.9. The molecule has 0 bridgehead atoms. The molecule has 0 saturated carbocycles. The van der Waals surface area contributed by atoms with Gasteiger partial charge in [0.15, 0.2) is 0 Å². The van der Waals surface area contributed by atoms with Crippen LogP contribution in [0, 0.1) is 0 Å². The number of benzene rings is 2. The van der Waals surface area contributed by atoms with E-state index in [1.54, 1.807) is 7.11 Å². The lowest BCUT2D eigenvalue weighted by Crippen LogP contribution is -2.55. The number of ether oxygens (including phenoxy) is 3. The first-order valence-electron chi connectivity index (χ1n) is 12.2. The minimum atomic E-state index is -2.59. The highest BCUT2D eigenvalue weighted by molar-refractivity contribution is 6.70. The highest BCUT2D eigenvalue weighted by atomic mass is 28.4. The van der Waals surface area contributed by atoms with Crippen LogP contribution < -0.4 is 9.47 Å². The SMILES string of the molecule is COc1ccc(OC[C@@H]2C/C=C(/C)[C@@H](COCc3ccccc3)O[Si](C(C)C)(C(C)C)O2)cc1. The number of hydrogen-bond acceptors (Lipinski definition) is 5. The fourth-order valence-electron chi connectivity index (χ4n) is 4.30. The van der Waals surface area contributed by atoms with Gasteiger partial charge in [0, 0.05) is 0 Å². The van der Waals surface area contributed by atoms with Gasteiger partial charge in [-0.3, -0.25) is 0 Å². The number of hydrogen-bond donors (Lipinski definition) is 0. The van der Waals surface area contributed by atoms with Crippen LogP contribution in [0.5, 0.6) is 11.5 Å². The van der Waals surface area contributed by atoms with E-state index in [4.69, 9.17) is 23.1 Å². The Balaban J connectivity index is 1.72. The van der Waals surface area contributed by atoms with Gasteiger partial charge in [0.2, 0.25) is 0 Å². The molecule has 3 rings (SSSR count). The van der Waals surface area contributed by atoms with Crippen LogP contribution in [0.2, 0.25) is 11.1 Å². The molecule has 5 nitrogen and oxygen atoms in total. The summed E-state index contributed by atoms with van der Waals surface area (Å²) in [7, 11) is -0.929. The fraction of sp³-hybridized carbons (Fsp3) is 0.500. The Bertz CT molecular complexity index is 887. The maximum atomic E-state index is 6.92. The molecule has 0 aromatic heterocycles. The van der Waals surface area contributed by atoms with Crippen molar-refractivity contribution in [2.45, 2.75) is 70.9 Å². The van der Waals surface area contributed by atoms with Crippen molar-refractivity contribution in [1.82, 2.24) is 0 Å². The minimum Gasteiger partial charge on any atom is -0.497 e. The molecule has 1 heterocycles. The smallest absolute Gasteiger partial charge is 0.344 e. The van der Waals surface area contributed by atoms with E-state index in [1.807, 2.05) is 42.5 Å². The van der Waals surface area contributed by atoms with E-state index in [9.17, 15) is 0 Å². The van der Waals surface area contributed by atoms with E-state index < -0.39 is 8.56 Å². The monoisotopic (exact) mass is 484 g/mol. The summed E-state index contributed by atoms with van der Waals surface area (Å²) in [6.45, 7) is 12.6. The lowest BCUT2D eigenvalue weighted by Gasteiger charge is -2.44. The maximum Gasteiger partial charge on any atom is 0.344 e. The average molecular weight is 485 g/mol. The Morgan fingerprint density at radius 3 is 2.15 bits per heavy atom. The van der Waals surface area contributed by atoms with Gasteiger partial charge in [0.1, 0.15) is 18.1 Å². The molecule has 2 atom stereocenters. The topological polar surface area (TPSA) is 46.2 Å². The molecule has 0 saturated heterocycles. The van der Waals surface area contributed by atoms with Crippen molar-refractivity contribution < 1.29 is 23.1 Å². The lowest BCUT2D eigenvalue weighted by molar-refractivity contribution is 0.00687. The molecule has 1 aliphatic rings. The molecule has 1 aliphatic heterocycles. The normalized spacial score (nSPS) is 22.1. The van der Waals surface area contributed by atoms with Gasteiger partial charge in [0.05, 0.1) is 32.5 Å². The van der Waals surface area contributed by atoms with E-state index in [1.165, 1.54) is 5.57 Å². The Hall–Kier alpha value is -2.12. The first-order chi connectivity index (χ1) is 16.3. The molecule has 0 N–H and O–H groups in total. The molecule has 2 aromatic carbocycles. The van der Waals surface area contributed by atoms with Crippen molar-refractivity contribution in [2.75, 3.05) is 20.3 Å². The van der Waals surface area contributed by atoms with Gasteiger partial charge in [-0.2, -0.15) is 0 Å². The minimum absolute atomic E-state index is 0.0697. The Morgan fingerprint density at radius 2 is 1.53 bits per heavy atom. The molecular weight excluding hydrogens is 444 g/mol. The van der Waals surface area contributed by atoms with Crippen molar-refractivity contribution in [2.24, 2.45) is 0 Å². The maximum absolute atomic E-state index is 6.92. The lowest BCUT2D eigenvalue weighted by atomic mass is 10.1. The Labute approximate surface area is 206 Å². The van der Waals surface area contributed by atoms with Gasteiger partial charge < -0.3 is 23.1 Å². The first-order valence-corrected chi connectivity index (χ1v) is 14.2. The molecule has 0 amide bonds. The van der Waals surface area contributed by atoms with Gasteiger partial charge in [-0.1, -0.05) is 64.1 Å². The van der Waals surface area contributed by atoms with E-state index in [-0.39, 0.29) is 12.2 Å². The van der Waals surface area contributed by atoms with E-state index in [0.29, 0.717) is 30.9 Å². The molecule has 0 radical (unpaired) electrons. The van der Waals surface area contributed by atoms with Crippen LogP contribution in [-0.2, 0) is 20.2 Å². The van der Waals surface area contributed by atoms with Crippen molar-refractivity contribution >= 4 is 8.56 Å². The van der Waals surface area contributed by atoms with Crippen LogP contribution in [-0.4, -0.2) is 41.1 Å². The molecule has 0 aliphatic carbocycles. The summed E-state index contributed by atoms with van der Waals surface area (Å²) < 4.78 is 31.2. The third kappa shape index (κ3) is 6.95. The van der Waals surface area contributed by atoms with Gasteiger partial charge in [-0.05, 0) is 59.8 Å². The molecule has 0 spiro atoms. The molecule has 6 heteroatoms. The highest BCUT2D eigenvalue weighted by Crippen LogP contribution is 2.39. The van der Waals surface area contributed by atoms with Crippen molar-refractivity contribution in [1.29, 1.82) is 0 Å². The van der Waals surface area contributed by atoms with Crippen LogP contribution in [0.1, 0.15) is 46.6 Å². The molecule has 2 aromatic rings. The average Bonchev–Trinajstić information content (AvgIpc) is 2.83. The first kappa shape index (κ1) is 26.5. The zero-order valence-corrected chi connectivity index (χ0v) is 22.5. The van der Waals surface area contributed by atoms with Gasteiger partial charge in [-0.25, -0.2) is 0 Å². The van der Waals surface area contributed by atoms with Crippen molar-refractivity contribution in [3.05, 3.63) is 71.8 Å². The molecule has 0 fully saturated rings. The predicted molar refractivity (Wildman–Crippen MR) is 139 cm³/mol. The third-order valence-electron chi connectivity index (χ3n) is 6.37. The summed E-state index contributed by atoms with van der Waals surface area (Å²) in [5, 5.41) is 0. The summed E-state index contributed by atoms with van der Waals surface area (Å²) in [5.41, 5.74) is 2.94. The predicted octanol–water partition coefficient (Wildman–Crippen LogP) is 6.67. The standard InChI is InChI=1S/C28H40O5Si/c1-21(2)34(22(3)4)32-27(19-31-26-16-14-25(29-6)15-17-26)13-12-23(5)28(33-34)20-30-18-24-10-8-7-9-11-24/h7-12,14-17,21-22,27-28H,13,18-20H2,1-6H3/b23-12-/t27-,28+/m0/s1. The van der Waals surface area contributed by atoms with Crippen LogP contribution in [0.25, 0.3) is 0 Å². The van der Waals surface area contributed by atoms with Gasteiger partial charge in [-0.15, -0.1) is 0 Å². The second-order valence-corrected chi connectivity index (χ2v) is 13.8. The quantitative estimate of drug-likeness (QED) is 0.278. The molecule has 0 unspecified atom stereocenters. The zero-order chi connectivity index (χ0) is 24.6. The van der Waals surface area contributed by atoms with Crippen LogP contribution in [0.4, 0.5) is 0 Å². The number of methoxy groups -OCH3 is 1. The summed E-state index contributed by atoms with van der Waals surface area (Å²) in [6, 6.07) is 17.9. The van der Waals surface area contributed by atoms with E-state index in [2.05, 4.69) is 52.8 Å². The Kier molecular flexibility index (Phi) is 9.77. The van der Waals surface area contributed by atoms with Gasteiger partial charge >= 0.3 is 8.56 Å². The van der Waals surface area contributed by atoms with E-state index >= 15 is 0 Å². The zero-order valence-electron chi connectivity index (χ0n) is 21.5. The molecule has 186 valence electrons. The van der Waals surface area contributed by atoms with Crippen molar-refractivity contribution in [3.63, 3.8) is 0 Å². The van der Waals surface area contributed by atoms with Crippen LogP contribution in [0.3, 0.4) is 0 Å². The summed E-state index contributed by atoms with van der Waals surface area (Å²) >= 11 is 0. The van der Waals surface area contributed by atoms with Crippen molar-refractivity contribution in [3.8, 4) is 11.5 Å².